The molecule has 2 rings (SSSR count). The van der Waals surface area contributed by atoms with E-state index in [0.29, 0.717) is 17.7 Å². The zero-order chi connectivity index (χ0) is 12.8. The van der Waals surface area contributed by atoms with Crippen LogP contribution in [0.5, 0.6) is 0 Å². The Labute approximate surface area is 105 Å². The third kappa shape index (κ3) is 2.70. The Hall–Kier alpha value is -2.69. The smallest absolute Gasteiger partial charge is 0.211 e. The highest BCUT2D eigenvalue weighted by molar-refractivity contribution is 5.50. The third-order valence-corrected chi connectivity index (χ3v) is 2.64. The first-order chi connectivity index (χ1) is 8.83. The van der Waals surface area contributed by atoms with Gasteiger partial charge in [-0.05, 0) is 35.7 Å². The topological polar surface area (TPSA) is 53.2 Å². The van der Waals surface area contributed by atoms with Crippen molar-refractivity contribution in [3.8, 4) is 6.07 Å². The van der Waals surface area contributed by atoms with E-state index in [-0.39, 0.29) is 0 Å². The maximum absolute atomic E-state index is 10.1. The molecule has 2 aromatic carbocycles. The second-order valence-electron chi connectivity index (χ2n) is 3.82. The molecule has 0 aliphatic heterocycles. The first kappa shape index (κ1) is 11.8. The molecule has 0 saturated carbocycles. The lowest BCUT2D eigenvalue weighted by atomic mass is 10.0. The maximum atomic E-state index is 10.1. The van der Waals surface area contributed by atoms with E-state index in [9.17, 15) is 4.79 Å². The fraction of sp³-hybridized carbons (Fsp3) is 0.0667. The van der Waals surface area contributed by atoms with Crippen molar-refractivity contribution in [2.24, 2.45) is 4.99 Å². The van der Waals surface area contributed by atoms with Gasteiger partial charge in [0.2, 0.25) is 6.08 Å². The Morgan fingerprint density at radius 3 is 2.44 bits per heavy atom. The Balaban J connectivity index is 2.24. The number of nitriles is 1. The van der Waals surface area contributed by atoms with Gasteiger partial charge in [0.05, 0.1) is 17.3 Å². The van der Waals surface area contributed by atoms with Crippen molar-refractivity contribution < 1.29 is 4.79 Å². The zero-order valence-electron chi connectivity index (χ0n) is 9.63. The molecule has 2 aromatic rings. The molecule has 3 nitrogen and oxygen atoms in total. The zero-order valence-corrected chi connectivity index (χ0v) is 9.63. The lowest BCUT2D eigenvalue weighted by Gasteiger charge is -2.04. The highest BCUT2D eigenvalue weighted by Crippen LogP contribution is 2.17. The van der Waals surface area contributed by atoms with Crippen molar-refractivity contribution in [2.45, 2.75) is 6.42 Å². The van der Waals surface area contributed by atoms with E-state index in [1.165, 1.54) is 6.08 Å². The number of hydrogen-bond acceptors (Lipinski definition) is 3. The Bertz CT molecular complexity index is 632. The van der Waals surface area contributed by atoms with Crippen LogP contribution in [0, 0.1) is 11.3 Å². The van der Waals surface area contributed by atoms with Crippen molar-refractivity contribution in [1.82, 2.24) is 0 Å². The average molecular weight is 234 g/mol. The summed E-state index contributed by atoms with van der Waals surface area (Å²) in [6, 6.07) is 17.0. The molecule has 18 heavy (non-hydrogen) atoms. The summed E-state index contributed by atoms with van der Waals surface area (Å²) in [5.41, 5.74) is 3.34. The van der Waals surface area contributed by atoms with Crippen LogP contribution in [-0.2, 0) is 11.2 Å². The van der Waals surface area contributed by atoms with E-state index < -0.39 is 0 Å². The summed E-state index contributed by atoms with van der Waals surface area (Å²) in [4.78, 5) is 13.6. The second kappa shape index (κ2) is 5.58. The summed E-state index contributed by atoms with van der Waals surface area (Å²) in [5.74, 6) is 0. The fourth-order valence-corrected chi connectivity index (χ4v) is 1.74. The third-order valence-electron chi connectivity index (χ3n) is 2.64. The number of aliphatic imine (C=N–C) groups is 1. The largest absolute Gasteiger partial charge is 0.240 e. The van der Waals surface area contributed by atoms with Crippen molar-refractivity contribution >= 4 is 11.8 Å². The summed E-state index contributed by atoms with van der Waals surface area (Å²) >= 11 is 0. The summed E-state index contributed by atoms with van der Waals surface area (Å²) in [7, 11) is 0. The van der Waals surface area contributed by atoms with E-state index in [4.69, 9.17) is 5.26 Å². The molecule has 0 unspecified atom stereocenters. The van der Waals surface area contributed by atoms with Crippen LogP contribution < -0.4 is 0 Å². The molecule has 0 amide bonds. The first-order valence-corrected chi connectivity index (χ1v) is 5.48. The average Bonchev–Trinajstić information content (AvgIpc) is 2.42. The van der Waals surface area contributed by atoms with Crippen LogP contribution in [0.2, 0.25) is 0 Å². The lowest BCUT2D eigenvalue weighted by molar-refractivity contribution is 0.565. The monoisotopic (exact) mass is 234 g/mol. The van der Waals surface area contributed by atoms with Gasteiger partial charge in [0.25, 0.3) is 0 Å². The standard InChI is InChI=1S/C15H10N2O/c16-10-14-4-2-1-3-13(14)9-12-5-7-15(8-6-12)17-11-18/h1-8H,9H2. The summed E-state index contributed by atoms with van der Waals surface area (Å²) in [6.45, 7) is 0. The van der Waals surface area contributed by atoms with Crippen LogP contribution in [-0.4, -0.2) is 6.08 Å². The molecule has 86 valence electrons. The highest BCUT2D eigenvalue weighted by Gasteiger charge is 2.02. The van der Waals surface area contributed by atoms with Gasteiger partial charge in [-0.1, -0.05) is 30.3 Å². The summed E-state index contributed by atoms with van der Waals surface area (Å²) in [6.07, 6.45) is 2.19. The molecule has 0 fully saturated rings. The van der Waals surface area contributed by atoms with E-state index in [0.717, 1.165) is 11.1 Å². The molecule has 0 bridgehead atoms. The van der Waals surface area contributed by atoms with Gasteiger partial charge in [-0.25, -0.2) is 4.79 Å². The van der Waals surface area contributed by atoms with Gasteiger partial charge in [0.1, 0.15) is 0 Å². The number of hydrogen-bond donors (Lipinski definition) is 0. The molecule has 0 spiro atoms. The number of nitrogens with zero attached hydrogens (tertiary/aromatic N) is 2. The van der Waals surface area contributed by atoms with Gasteiger partial charge in [-0.2, -0.15) is 10.3 Å². The predicted molar refractivity (Wildman–Crippen MR) is 68.2 cm³/mol. The van der Waals surface area contributed by atoms with E-state index in [2.05, 4.69) is 11.1 Å². The predicted octanol–water partition coefficient (Wildman–Crippen LogP) is 3.12. The quantitative estimate of drug-likeness (QED) is 0.605. The maximum Gasteiger partial charge on any atom is 0.240 e. The van der Waals surface area contributed by atoms with Crippen LogP contribution in [0.25, 0.3) is 0 Å². The minimum Gasteiger partial charge on any atom is -0.211 e. The molecule has 0 aromatic heterocycles. The molecular formula is C15H10N2O. The molecule has 0 aliphatic rings. The van der Waals surface area contributed by atoms with Gasteiger partial charge in [0, 0.05) is 0 Å². The first-order valence-electron chi connectivity index (χ1n) is 5.48. The van der Waals surface area contributed by atoms with Crippen LogP contribution in [0.4, 0.5) is 5.69 Å². The van der Waals surface area contributed by atoms with E-state index in [1.807, 2.05) is 30.3 Å². The second-order valence-corrected chi connectivity index (χ2v) is 3.82. The molecule has 0 saturated heterocycles. The van der Waals surface area contributed by atoms with Gasteiger partial charge in [-0.15, -0.1) is 0 Å². The van der Waals surface area contributed by atoms with Crippen LogP contribution in [0.1, 0.15) is 16.7 Å². The number of benzene rings is 2. The molecule has 0 atom stereocenters. The molecule has 0 heterocycles. The fourth-order valence-electron chi connectivity index (χ4n) is 1.74. The number of rotatable bonds is 3. The van der Waals surface area contributed by atoms with Gasteiger partial charge < -0.3 is 0 Å². The van der Waals surface area contributed by atoms with E-state index in [1.54, 1.807) is 18.2 Å². The molecule has 0 radical (unpaired) electrons. The minimum absolute atomic E-state index is 0.585. The minimum atomic E-state index is 0.585. The van der Waals surface area contributed by atoms with Crippen molar-refractivity contribution in [3.63, 3.8) is 0 Å². The van der Waals surface area contributed by atoms with Crippen molar-refractivity contribution in [2.75, 3.05) is 0 Å². The molecule has 0 aliphatic carbocycles. The van der Waals surface area contributed by atoms with Crippen LogP contribution >= 0.6 is 0 Å². The normalized spacial score (nSPS) is 9.28. The molecule has 3 heteroatoms. The molecule has 0 N–H and O–H groups in total. The van der Waals surface area contributed by atoms with Crippen LogP contribution in [0.3, 0.4) is 0 Å². The Morgan fingerprint density at radius 1 is 1.06 bits per heavy atom. The van der Waals surface area contributed by atoms with Crippen molar-refractivity contribution in [1.29, 1.82) is 5.26 Å². The SMILES string of the molecule is N#Cc1ccccc1Cc1ccc(N=C=O)cc1. The highest BCUT2D eigenvalue weighted by atomic mass is 16.1. The Kier molecular flexibility index (Phi) is 3.66. The van der Waals surface area contributed by atoms with Gasteiger partial charge in [-0.3, -0.25) is 0 Å². The van der Waals surface area contributed by atoms with Gasteiger partial charge >= 0.3 is 0 Å². The summed E-state index contributed by atoms with van der Waals surface area (Å²) < 4.78 is 0. The van der Waals surface area contributed by atoms with Gasteiger partial charge in [0.15, 0.2) is 0 Å². The van der Waals surface area contributed by atoms with Crippen LogP contribution in [0.15, 0.2) is 53.5 Å². The lowest BCUT2D eigenvalue weighted by Crippen LogP contribution is -1.91. The Morgan fingerprint density at radius 2 is 1.78 bits per heavy atom. The van der Waals surface area contributed by atoms with E-state index >= 15 is 0 Å². The summed E-state index contributed by atoms with van der Waals surface area (Å²) in [5, 5.41) is 9.00. The number of isocyanates is 1. The molecular weight excluding hydrogens is 224 g/mol. The number of carbonyl (C=O) groups excluding carboxylic acids is 1. The van der Waals surface area contributed by atoms with Crippen molar-refractivity contribution in [3.05, 3.63) is 65.2 Å².